The minimum absolute atomic E-state index is 0.327. The molecule has 2 unspecified atom stereocenters. The molecule has 0 saturated carbocycles. The average molecular weight is 254 g/mol. The highest BCUT2D eigenvalue weighted by atomic mass is 35.5. The third-order valence-corrected chi connectivity index (χ3v) is 2.66. The molecule has 0 aromatic heterocycles. The van der Waals surface area contributed by atoms with Crippen molar-refractivity contribution in [2.24, 2.45) is 4.99 Å². The van der Waals surface area contributed by atoms with Gasteiger partial charge in [-0.05, 0) is 24.6 Å². The summed E-state index contributed by atoms with van der Waals surface area (Å²) in [5.74, 6) is -0.383. The van der Waals surface area contributed by atoms with Crippen LogP contribution < -0.4 is 0 Å². The fourth-order valence-electron chi connectivity index (χ4n) is 1.68. The molecule has 90 valence electrons. The van der Waals surface area contributed by atoms with Gasteiger partial charge in [0.05, 0.1) is 6.61 Å². The van der Waals surface area contributed by atoms with Crippen molar-refractivity contribution >= 4 is 24.0 Å². The van der Waals surface area contributed by atoms with E-state index in [9.17, 15) is 4.79 Å². The monoisotopic (exact) mass is 253 g/mol. The van der Waals surface area contributed by atoms with Crippen LogP contribution in [0.5, 0.6) is 0 Å². The van der Waals surface area contributed by atoms with Crippen molar-refractivity contribution in [1.29, 1.82) is 0 Å². The van der Waals surface area contributed by atoms with Gasteiger partial charge in [-0.15, -0.1) is 0 Å². The molecule has 17 heavy (non-hydrogen) atoms. The number of hydrogen-bond donors (Lipinski definition) is 0. The van der Waals surface area contributed by atoms with Crippen LogP contribution in [0, 0.1) is 0 Å². The summed E-state index contributed by atoms with van der Waals surface area (Å²) in [6.07, 6.45) is 0.834. The van der Waals surface area contributed by atoms with Crippen LogP contribution in [0.1, 0.15) is 18.6 Å². The second kappa shape index (κ2) is 5.19. The van der Waals surface area contributed by atoms with Crippen LogP contribution >= 0.6 is 11.6 Å². The standard InChI is InChI=1S/C12H12ClNO3/c1-2-16-12(15)10-11(17-7-14-10)8-4-3-5-9(13)6-8/h3-7,10-11H,2H2,1H3. The van der Waals surface area contributed by atoms with E-state index < -0.39 is 12.1 Å². The number of halogens is 1. The Kier molecular flexibility index (Phi) is 3.64. The second-order valence-electron chi connectivity index (χ2n) is 3.56. The Bertz CT molecular complexity index is 447. The predicted molar refractivity (Wildman–Crippen MR) is 64.2 cm³/mol. The number of nitrogens with zero attached hydrogens (tertiary/aromatic N) is 1. The van der Waals surface area contributed by atoms with Crippen molar-refractivity contribution in [1.82, 2.24) is 0 Å². The van der Waals surface area contributed by atoms with Gasteiger partial charge in [-0.1, -0.05) is 23.7 Å². The second-order valence-corrected chi connectivity index (χ2v) is 4.00. The maximum absolute atomic E-state index is 11.7. The number of aliphatic imine (C=N–C) groups is 1. The Morgan fingerprint density at radius 1 is 1.59 bits per heavy atom. The van der Waals surface area contributed by atoms with Gasteiger partial charge in [0.1, 0.15) is 0 Å². The molecule has 1 aliphatic rings. The summed E-state index contributed by atoms with van der Waals surface area (Å²) in [7, 11) is 0. The van der Waals surface area contributed by atoms with E-state index in [1.54, 1.807) is 19.1 Å². The Morgan fingerprint density at radius 2 is 2.41 bits per heavy atom. The predicted octanol–water partition coefficient (Wildman–Crippen LogP) is 2.37. The van der Waals surface area contributed by atoms with E-state index in [1.165, 1.54) is 6.40 Å². The molecule has 0 bridgehead atoms. The molecule has 0 amide bonds. The molecular formula is C12H12ClNO3. The highest BCUT2D eigenvalue weighted by molar-refractivity contribution is 6.30. The quantitative estimate of drug-likeness (QED) is 0.777. The van der Waals surface area contributed by atoms with Gasteiger partial charge in [0, 0.05) is 5.02 Å². The van der Waals surface area contributed by atoms with Gasteiger partial charge >= 0.3 is 5.97 Å². The zero-order valence-electron chi connectivity index (χ0n) is 9.30. The summed E-state index contributed by atoms with van der Waals surface area (Å²) in [5, 5.41) is 0.598. The molecule has 5 heteroatoms. The smallest absolute Gasteiger partial charge is 0.335 e. The Labute approximate surface area is 104 Å². The van der Waals surface area contributed by atoms with E-state index in [4.69, 9.17) is 21.1 Å². The van der Waals surface area contributed by atoms with Crippen molar-refractivity contribution < 1.29 is 14.3 Å². The fourth-order valence-corrected chi connectivity index (χ4v) is 1.87. The lowest BCUT2D eigenvalue weighted by molar-refractivity contribution is -0.146. The molecule has 1 heterocycles. The zero-order valence-corrected chi connectivity index (χ0v) is 10.1. The third-order valence-electron chi connectivity index (χ3n) is 2.42. The van der Waals surface area contributed by atoms with Crippen LogP contribution in [0.25, 0.3) is 0 Å². The van der Waals surface area contributed by atoms with Gasteiger partial charge < -0.3 is 9.47 Å². The molecule has 4 nitrogen and oxygen atoms in total. The van der Waals surface area contributed by atoms with Gasteiger partial charge in [-0.25, -0.2) is 9.79 Å². The first-order valence-corrected chi connectivity index (χ1v) is 5.69. The zero-order chi connectivity index (χ0) is 12.3. The van der Waals surface area contributed by atoms with Crippen LogP contribution in [0.3, 0.4) is 0 Å². The number of carbonyl (C=O) groups excluding carboxylic acids is 1. The van der Waals surface area contributed by atoms with Gasteiger partial charge in [0.25, 0.3) is 0 Å². The number of esters is 1. The Morgan fingerprint density at radius 3 is 3.12 bits per heavy atom. The average Bonchev–Trinajstić information content (AvgIpc) is 2.78. The van der Waals surface area contributed by atoms with Crippen LogP contribution in [-0.2, 0) is 14.3 Å². The number of ether oxygens (including phenoxy) is 2. The summed E-state index contributed by atoms with van der Waals surface area (Å²) in [5.41, 5.74) is 0.813. The van der Waals surface area contributed by atoms with Gasteiger partial charge in [-0.2, -0.15) is 0 Å². The molecule has 0 fully saturated rings. The first-order chi connectivity index (χ1) is 8.22. The number of carbonyl (C=O) groups is 1. The topological polar surface area (TPSA) is 47.9 Å². The SMILES string of the molecule is CCOC(=O)C1N=COC1c1cccc(Cl)c1. The molecule has 0 aliphatic carbocycles. The van der Waals surface area contributed by atoms with E-state index in [2.05, 4.69) is 4.99 Å². The first kappa shape index (κ1) is 11.9. The van der Waals surface area contributed by atoms with Crippen molar-refractivity contribution in [2.75, 3.05) is 6.61 Å². The van der Waals surface area contributed by atoms with E-state index in [1.807, 2.05) is 12.1 Å². The van der Waals surface area contributed by atoms with Gasteiger partial charge in [-0.3, -0.25) is 0 Å². The molecule has 1 aliphatic heterocycles. The third kappa shape index (κ3) is 2.58. The summed E-state index contributed by atoms with van der Waals surface area (Å²) in [6, 6.07) is 6.53. The number of benzene rings is 1. The highest BCUT2D eigenvalue weighted by Gasteiger charge is 2.35. The van der Waals surface area contributed by atoms with E-state index >= 15 is 0 Å². The van der Waals surface area contributed by atoms with Crippen LogP contribution in [0.2, 0.25) is 5.02 Å². The molecule has 0 radical (unpaired) electrons. The molecule has 1 aromatic carbocycles. The van der Waals surface area contributed by atoms with Gasteiger partial charge in [0.2, 0.25) is 0 Å². The minimum Gasteiger partial charge on any atom is -0.473 e. The van der Waals surface area contributed by atoms with Crippen LogP contribution in [-0.4, -0.2) is 25.0 Å². The van der Waals surface area contributed by atoms with Crippen LogP contribution in [0.15, 0.2) is 29.3 Å². The molecule has 0 N–H and O–H groups in total. The Balaban J connectivity index is 2.18. The van der Waals surface area contributed by atoms with E-state index in [-0.39, 0.29) is 5.97 Å². The van der Waals surface area contributed by atoms with Crippen molar-refractivity contribution in [3.8, 4) is 0 Å². The van der Waals surface area contributed by atoms with Crippen molar-refractivity contribution in [3.63, 3.8) is 0 Å². The summed E-state index contributed by atoms with van der Waals surface area (Å²) in [4.78, 5) is 15.6. The number of hydrogen-bond acceptors (Lipinski definition) is 4. The minimum atomic E-state index is -0.645. The van der Waals surface area contributed by atoms with Gasteiger partial charge in [0.15, 0.2) is 18.5 Å². The van der Waals surface area contributed by atoms with E-state index in [0.29, 0.717) is 11.6 Å². The Hall–Kier alpha value is -1.55. The largest absolute Gasteiger partial charge is 0.473 e. The maximum atomic E-state index is 11.7. The first-order valence-electron chi connectivity index (χ1n) is 5.31. The lowest BCUT2D eigenvalue weighted by atomic mass is 10.0. The maximum Gasteiger partial charge on any atom is 0.335 e. The van der Waals surface area contributed by atoms with Crippen molar-refractivity contribution in [3.05, 3.63) is 34.9 Å². The normalized spacial score (nSPS) is 22.2. The number of rotatable bonds is 3. The molecule has 1 aromatic rings. The van der Waals surface area contributed by atoms with Crippen molar-refractivity contribution in [2.45, 2.75) is 19.1 Å². The lowest BCUT2D eigenvalue weighted by Crippen LogP contribution is -2.26. The summed E-state index contributed by atoms with van der Waals surface area (Å²) < 4.78 is 10.3. The molecule has 2 rings (SSSR count). The highest BCUT2D eigenvalue weighted by Crippen LogP contribution is 2.29. The molecule has 0 saturated heterocycles. The molecule has 0 spiro atoms. The molecule has 2 atom stereocenters. The molecular weight excluding hydrogens is 242 g/mol. The lowest BCUT2D eigenvalue weighted by Gasteiger charge is -2.16. The summed E-state index contributed by atoms with van der Waals surface area (Å²) >= 11 is 5.90. The van der Waals surface area contributed by atoms with Crippen LogP contribution in [0.4, 0.5) is 0 Å². The fraction of sp³-hybridized carbons (Fsp3) is 0.333. The summed E-state index contributed by atoms with van der Waals surface area (Å²) in [6.45, 7) is 2.08. The van der Waals surface area contributed by atoms with E-state index in [0.717, 1.165) is 5.56 Å².